The van der Waals surface area contributed by atoms with Gasteiger partial charge in [0.1, 0.15) is 6.61 Å². The Labute approximate surface area is 135 Å². The molecule has 1 rings (SSSR count). The van der Waals surface area contributed by atoms with Crippen LogP contribution in [-0.2, 0) is 23.7 Å². The minimum Gasteiger partial charge on any atom is -0.473 e. The molecular formula is C11H6Cl3F6NO. The number of rotatable bonds is 2. The molecule has 0 amide bonds. The highest BCUT2D eigenvalue weighted by Crippen LogP contribution is 2.36. The lowest BCUT2D eigenvalue weighted by molar-refractivity contribution is -0.143. The van der Waals surface area contributed by atoms with Gasteiger partial charge >= 0.3 is 12.4 Å². The zero-order valence-corrected chi connectivity index (χ0v) is 12.5. The molecule has 124 valence electrons. The first-order chi connectivity index (χ1) is 9.71. The lowest BCUT2D eigenvalue weighted by Gasteiger charge is -2.16. The Hall–Kier alpha value is -0.860. The topological polar surface area (TPSA) is 33.1 Å². The fourth-order valence-corrected chi connectivity index (χ4v) is 1.50. The molecule has 1 aromatic carbocycles. The van der Waals surface area contributed by atoms with E-state index in [2.05, 4.69) is 4.74 Å². The van der Waals surface area contributed by atoms with E-state index >= 15 is 0 Å². The maximum atomic E-state index is 12.6. The third-order valence-electron chi connectivity index (χ3n) is 2.29. The van der Waals surface area contributed by atoms with Crippen LogP contribution in [0.3, 0.4) is 0 Å². The summed E-state index contributed by atoms with van der Waals surface area (Å²) in [6.45, 7) is -0.792. The van der Waals surface area contributed by atoms with Crippen molar-refractivity contribution in [3.8, 4) is 0 Å². The van der Waals surface area contributed by atoms with Crippen LogP contribution >= 0.6 is 34.8 Å². The number of nitrogens with one attached hydrogen (secondary N) is 1. The van der Waals surface area contributed by atoms with Crippen molar-refractivity contribution >= 4 is 40.7 Å². The molecule has 11 heteroatoms. The van der Waals surface area contributed by atoms with Crippen molar-refractivity contribution in [3.63, 3.8) is 0 Å². The van der Waals surface area contributed by atoms with Gasteiger partial charge < -0.3 is 4.74 Å². The van der Waals surface area contributed by atoms with Crippen LogP contribution in [0.1, 0.15) is 16.7 Å². The highest BCUT2D eigenvalue weighted by atomic mass is 35.6. The van der Waals surface area contributed by atoms with Gasteiger partial charge in [-0.1, -0.05) is 34.8 Å². The fourth-order valence-electron chi connectivity index (χ4n) is 1.34. The molecule has 22 heavy (non-hydrogen) atoms. The van der Waals surface area contributed by atoms with Crippen molar-refractivity contribution in [2.75, 3.05) is 0 Å². The number of benzene rings is 1. The zero-order chi connectivity index (χ0) is 17.3. The summed E-state index contributed by atoms with van der Waals surface area (Å²) < 4.78 is 78.0. The molecule has 0 saturated heterocycles. The molecule has 0 unspecified atom stereocenters. The highest BCUT2D eigenvalue weighted by molar-refractivity contribution is 6.76. The van der Waals surface area contributed by atoms with Gasteiger partial charge in [0.15, 0.2) is 0 Å². The molecule has 1 aromatic rings. The van der Waals surface area contributed by atoms with Crippen molar-refractivity contribution in [3.05, 3.63) is 34.9 Å². The van der Waals surface area contributed by atoms with Gasteiger partial charge in [0.05, 0.1) is 11.1 Å². The first-order valence-corrected chi connectivity index (χ1v) is 6.41. The summed E-state index contributed by atoms with van der Waals surface area (Å²) in [5.74, 6) is -0.927. The first kappa shape index (κ1) is 19.2. The zero-order valence-electron chi connectivity index (χ0n) is 10.2. The molecule has 0 atom stereocenters. The van der Waals surface area contributed by atoms with E-state index in [9.17, 15) is 26.3 Å². The summed E-state index contributed by atoms with van der Waals surface area (Å²) >= 11 is 15.8. The second-order valence-electron chi connectivity index (χ2n) is 4.03. The number of halogens is 9. The molecule has 2 nitrogen and oxygen atoms in total. The monoisotopic (exact) mass is 387 g/mol. The molecule has 0 fully saturated rings. The van der Waals surface area contributed by atoms with Crippen LogP contribution in [0.5, 0.6) is 0 Å². The molecule has 0 aliphatic heterocycles. The van der Waals surface area contributed by atoms with Crippen molar-refractivity contribution in [1.29, 1.82) is 5.41 Å². The van der Waals surface area contributed by atoms with Crippen LogP contribution < -0.4 is 0 Å². The summed E-state index contributed by atoms with van der Waals surface area (Å²) in [6, 6.07) is 0.894. The van der Waals surface area contributed by atoms with E-state index in [-0.39, 0.29) is 6.07 Å². The minimum absolute atomic E-state index is 0.0240. The summed E-state index contributed by atoms with van der Waals surface area (Å²) in [4.78, 5) is 0. The molecule has 0 bridgehead atoms. The Morgan fingerprint density at radius 2 is 1.32 bits per heavy atom. The normalized spacial score (nSPS) is 13.1. The molecule has 0 radical (unpaired) electrons. The van der Waals surface area contributed by atoms with E-state index in [4.69, 9.17) is 40.2 Å². The van der Waals surface area contributed by atoms with Crippen molar-refractivity contribution < 1.29 is 31.1 Å². The molecule has 1 N–H and O–H groups in total. The van der Waals surface area contributed by atoms with Gasteiger partial charge in [-0.2, -0.15) is 26.3 Å². The third-order valence-corrected chi connectivity index (χ3v) is 2.80. The largest absolute Gasteiger partial charge is 0.473 e. The van der Waals surface area contributed by atoms with Crippen LogP contribution in [-0.4, -0.2) is 9.69 Å². The lowest BCUT2D eigenvalue weighted by Crippen LogP contribution is -2.21. The molecule has 0 aromatic heterocycles. The van der Waals surface area contributed by atoms with E-state index in [0.29, 0.717) is 12.1 Å². The van der Waals surface area contributed by atoms with Gasteiger partial charge in [0.25, 0.3) is 3.79 Å². The quantitative estimate of drug-likeness (QED) is 0.305. The van der Waals surface area contributed by atoms with Crippen LogP contribution in [0.15, 0.2) is 18.2 Å². The predicted molar refractivity (Wildman–Crippen MR) is 69.3 cm³/mol. The van der Waals surface area contributed by atoms with Gasteiger partial charge in [0, 0.05) is 0 Å². The average molecular weight is 389 g/mol. The van der Waals surface area contributed by atoms with E-state index in [1.807, 2.05) is 0 Å². The van der Waals surface area contributed by atoms with Gasteiger partial charge in [-0.05, 0) is 23.8 Å². The second kappa shape index (κ2) is 6.33. The maximum absolute atomic E-state index is 12.6. The van der Waals surface area contributed by atoms with Crippen molar-refractivity contribution in [2.45, 2.75) is 22.8 Å². The van der Waals surface area contributed by atoms with Crippen LogP contribution in [0.4, 0.5) is 26.3 Å². The number of hydrogen-bond donors (Lipinski definition) is 1. The standard InChI is InChI=1S/C11H6Cl3F6NO/c12-9(13,14)8(21)22-4-5-1-6(10(15,16)17)3-7(2-5)11(18,19)20/h1-3,21H,4H2. The summed E-state index contributed by atoms with van der Waals surface area (Å²) in [5.41, 5.74) is -3.47. The second-order valence-corrected chi connectivity index (χ2v) is 6.31. The Morgan fingerprint density at radius 1 is 0.909 bits per heavy atom. The predicted octanol–water partition coefficient (Wildman–Crippen LogP) is 5.59. The fraction of sp³-hybridized carbons (Fsp3) is 0.364. The average Bonchev–Trinajstić information content (AvgIpc) is 2.32. The van der Waals surface area contributed by atoms with Crippen LogP contribution in [0.2, 0.25) is 0 Å². The smallest absolute Gasteiger partial charge is 0.416 e. The highest BCUT2D eigenvalue weighted by Gasteiger charge is 2.37. The van der Waals surface area contributed by atoms with Gasteiger partial charge in [-0.15, -0.1) is 0 Å². The van der Waals surface area contributed by atoms with Crippen LogP contribution in [0, 0.1) is 5.41 Å². The molecule has 0 aliphatic rings. The van der Waals surface area contributed by atoms with Gasteiger partial charge in [0.2, 0.25) is 5.90 Å². The summed E-state index contributed by atoms with van der Waals surface area (Å²) in [6.07, 6.45) is -9.95. The lowest BCUT2D eigenvalue weighted by atomic mass is 10.1. The molecular weight excluding hydrogens is 382 g/mol. The Kier molecular flexibility index (Phi) is 5.52. The molecule has 0 spiro atoms. The molecule has 0 aliphatic carbocycles. The molecule has 0 heterocycles. The van der Waals surface area contributed by atoms with Crippen molar-refractivity contribution in [1.82, 2.24) is 0 Å². The SMILES string of the molecule is N=C(OCc1cc(C(F)(F)F)cc(C(F)(F)F)c1)C(Cl)(Cl)Cl. The van der Waals surface area contributed by atoms with Crippen LogP contribution in [0.25, 0.3) is 0 Å². The van der Waals surface area contributed by atoms with E-state index < -0.39 is 45.3 Å². The number of alkyl halides is 9. The number of ether oxygens (including phenoxy) is 1. The maximum Gasteiger partial charge on any atom is 0.416 e. The Morgan fingerprint density at radius 3 is 1.64 bits per heavy atom. The molecule has 0 saturated carbocycles. The summed E-state index contributed by atoms with van der Waals surface area (Å²) in [5, 5.41) is 7.18. The minimum atomic E-state index is -4.97. The first-order valence-electron chi connectivity index (χ1n) is 5.28. The van der Waals surface area contributed by atoms with E-state index in [1.54, 1.807) is 0 Å². The Balaban J connectivity index is 3.12. The van der Waals surface area contributed by atoms with Gasteiger partial charge in [-0.25, -0.2) is 0 Å². The Bertz CT molecular complexity index is 532. The number of hydrogen-bond acceptors (Lipinski definition) is 2. The van der Waals surface area contributed by atoms with E-state index in [1.165, 1.54) is 0 Å². The van der Waals surface area contributed by atoms with E-state index in [0.717, 1.165) is 0 Å². The van der Waals surface area contributed by atoms with Gasteiger partial charge in [-0.3, -0.25) is 5.41 Å². The van der Waals surface area contributed by atoms with Crippen molar-refractivity contribution in [2.24, 2.45) is 0 Å². The third kappa shape index (κ3) is 5.40. The summed E-state index contributed by atoms with van der Waals surface area (Å²) in [7, 11) is 0.